The number of aromatic nitrogens is 2. The minimum Gasteiger partial charge on any atom is -0.480 e. The Bertz CT molecular complexity index is 997. The number of fused-ring (bicyclic) bond motifs is 1. The molecular formula is C18H26N4O5S2. The Morgan fingerprint density at radius 2 is 1.97 bits per heavy atom. The number of rotatable bonds is 7. The zero-order valence-electron chi connectivity index (χ0n) is 17.0. The molecule has 0 aromatic carbocycles. The number of carbonyl (C=O) groups excluding carboxylic acids is 1. The van der Waals surface area contributed by atoms with E-state index in [-0.39, 0.29) is 18.4 Å². The molecule has 0 saturated carbocycles. The summed E-state index contributed by atoms with van der Waals surface area (Å²) in [5.74, 6) is 1.03. The van der Waals surface area contributed by atoms with E-state index in [1.54, 1.807) is 7.11 Å². The van der Waals surface area contributed by atoms with Crippen LogP contribution in [0.1, 0.15) is 33.9 Å². The quantitative estimate of drug-likeness (QED) is 0.693. The lowest BCUT2D eigenvalue weighted by molar-refractivity contribution is 0.0945. The first kappa shape index (κ1) is 21.9. The van der Waals surface area contributed by atoms with E-state index in [9.17, 15) is 13.2 Å². The van der Waals surface area contributed by atoms with Gasteiger partial charge in [0.2, 0.25) is 15.9 Å². The maximum absolute atomic E-state index is 12.8. The Morgan fingerprint density at radius 1 is 1.28 bits per heavy atom. The molecule has 3 heterocycles. The minimum absolute atomic E-state index is 0.161. The lowest BCUT2D eigenvalue weighted by Gasteiger charge is -2.30. The first-order valence-corrected chi connectivity index (χ1v) is 12.0. The fraction of sp³-hybridized carbons (Fsp3) is 0.611. The lowest BCUT2D eigenvalue weighted by Crippen LogP contribution is -2.41. The maximum atomic E-state index is 12.8. The number of hydrogen-bond donors (Lipinski definition) is 1. The number of methoxy groups -OCH3 is 2. The predicted molar refractivity (Wildman–Crippen MR) is 111 cm³/mol. The largest absolute Gasteiger partial charge is 0.480 e. The number of ether oxygens (including phenoxy) is 2. The van der Waals surface area contributed by atoms with E-state index < -0.39 is 10.0 Å². The number of carbonyl (C=O) groups is 1. The molecule has 1 saturated heterocycles. The first-order chi connectivity index (χ1) is 13.7. The summed E-state index contributed by atoms with van der Waals surface area (Å²) in [5.41, 5.74) is 0.787. The van der Waals surface area contributed by atoms with Crippen LogP contribution >= 0.6 is 11.3 Å². The van der Waals surface area contributed by atoms with Crippen LogP contribution in [-0.4, -0.2) is 68.7 Å². The second-order valence-corrected chi connectivity index (χ2v) is 10.1. The number of sulfonamides is 1. The number of hydrogen-bond acceptors (Lipinski definition) is 8. The Labute approximate surface area is 174 Å². The zero-order valence-corrected chi connectivity index (χ0v) is 18.7. The molecule has 1 amide bonds. The summed E-state index contributed by atoms with van der Waals surface area (Å²) in [4.78, 5) is 22.9. The topological polar surface area (TPSA) is 111 Å². The Kier molecular flexibility index (Phi) is 6.72. The van der Waals surface area contributed by atoms with Crippen molar-refractivity contribution in [2.24, 2.45) is 5.92 Å². The number of piperidine rings is 1. The van der Waals surface area contributed by atoms with Crippen LogP contribution in [0.4, 0.5) is 0 Å². The molecule has 2 aromatic rings. The standard InChI is InChI=1S/C18H26N4O5S2/c1-11-14-17(27-3)20-13(10-26-2)21-18(14)28-15(11)16(23)19-9-12-5-7-22(8-6-12)29(4,24)25/h12H,5-10H2,1-4H3,(H,19,23). The predicted octanol–water partition coefficient (Wildman–Crippen LogP) is 1.56. The molecule has 1 N–H and O–H groups in total. The molecule has 0 unspecified atom stereocenters. The van der Waals surface area contributed by atoms with Crippen molar-refractivity contribution in [1.29, 1.82) is 0 Å². The molecule has 2 aromatic heterocycles. The first-order valence-electron chi connectivity index (χ1n) is 9.30. The van der Waals surface area contributed by atoms with Gasteiger partial charge < -0.3 is 14.8 Å². The Morgan fingerprint density at radius 3 is 2.55 bits per heavy atom. The summed E-state index contributed by atoms with van der Waals surface area (Å²) < 4.78 is 35.2. The van der Waals surface area contributed by atoms with Gasteiger partial charge in [-0.2, -0.15) is 4.98 Å². The van der Waals surface area contributed by atoms with Crippen LogP contribution in [0.5, 0.6) is 5.88 Å². The average molecular weight is 443 g/mol. The third-order valence-corrected chi connectivity index (χ3v) is 7.56. The third-order valence-electron chi connectivity index (χ3n) is 5.07. The number of thiophene rings is 1. The maximum Gasteiger partial charge on any atom is 0.261 e. The van der Waals surface area contributed by atoms with E-state index in [0.717, 1.165) is 23.8 Å². The normalized spacial score (nSPS) is 16.3. The van der Waals surface area contributed by atoms with Crippen molar-refractivity contribution in [3.05, 3.63) is 16.3 Å². The molecule has 0 bridgehead atoms. The molecule has 1 fully saturated rings. The highest BCUT2D eigenvalue weighted by molar-refractivity contribution is 7.88. The summed E-state index contributed by atoms with van der Waals surface area (Å²) in [7, 11) is -0.0362. The van der Waals surface area contributed by atoms with Crippen molar-refractivity contribution < 1.29 is 22.7 Å². The zero-order chi connectivity index (χ0) is 21.2. The van der Waals surface area contributed by atoms with Crippen LogP contribution in [0, 0.1) is 12.8 Å². The van der Waals surface area contributed by atoms with Crippen molar-refractivity contribution >= 4 is 37.5 Å². The summed E-state index contributed by atoms with van der Waals surface area (Å²) in [6, 6.07) is 0. The molecule has 1 aliphatic heterocycles. The van der Waals surface area contributed by atoms with E-state index in [1.807, 2.05) is 6.92 Å². The van der Waals surface area contributed by atoms with E-state index in [1.165, 1.54) is 29.0 Å². The molecule has 0 spiro atoms. The van der Waals surface area contributed by atoms with E-state index in [2.05, 4.69) is 15.3 Å². The number of nitrogens with one attached hydrogen (secondary N) is 1. The Balaban J connectivity index is 1.70. The number of aryl methyl sites for hydroxylation is 1. The highest BCUT2D eigenvalue weighted by Crippen LogP contribution is 2.35. The van der Waals surface area contributed by atoms with Crippen LogP contribution in [0.15, 0.2) is 0 Å². The van der Waals surface area contributed by atoms with Crippen LogP contribution in [0.25, 0.3) is 10.2 Å². The van der Waals surface area contributed by atoms with Gasteiger partial charge in [0, 0.05) is 26.7 Å². The summed E-state index contributed by atoms with van der Waals surface area (Å²) in [5, 5.41) is 3.73. The molecule has 11 heteroatoms. The molecule has 1 aliphatic rings. The van der Waals surface area contributed by atoms with Gasteiger partial charge in [-0.25, -0.2) is 17.7 Å². The van der Waals surface area contributed by atoms with Gasteiger partial charge in [-0.3, -0.25) is 4.79 Å². The second kappa shape index (κ2) is 8.90. The average Bonchev–Trinajstić information content (AvgIpc) is 3.02. The summed E-state index contributed by atoms with van der Waals surface area (Å²) in [6.45, 7) is 3.63. The molecule has 0 radical (unpaired) electrons. The van der Waals surface area contributed by atoms with Crippen molar-refractivity contribution in [3.63, 3.8) is 0 Å². The van der Waals surface area contributed by atoms with Crippen molar-refractivity contribution in [2.75, 3.05) is 40.1 Å². The van der Waals surface area contributed by atoms with Crippen LogP contribution in [0.3, 0.4) is 0 Å². The van der Waals surface area contributed by atoms with Crippen molar-refractivity contribution in [3.8, 4) is 5.88 Å². The third kappa shape index (κ3) is 4.85. The van der Waals surface area contributed by atoms with Crippen LogP contribution < -0.4 is 10.1 Å². The SMILES string of the molecule is COCc1nc(OC)c2c(C)c(C(=O)NCC3CCN(S(C)(=O)=O)CC3)sc2n1. The molecule has 3 rings (SSSR count). The minimum atomic E-state index is -3.14. The molecular weight excluding hydrogens is 416 g/mol. The number of nitrogens with zero attached hydrogens (tertiary/aromatic N) is 3. The van der Waals surface area contributed by atoms with Gasteiger partial charge in [0.25, 0.3) is 5.91 Å². The lowest BCUT2D eigenvalue weighted by atomic mass is 9.98. The van der Waals surface area contributed by atoms with Gasteiger partial charge in [-0.15, -0.1) is 11.3 Å². The highest BCUT2D eigenvalue weighted by atomic mass is 32.2. The van der Waals surface area contributed by atoms with E-state index >= 15 is 0 Å². The van der Waals surface area contributed by atoms with Gasteiger partial charge >= 0.3 is 0 Å². The fourth-order valence-electron chi connectivity index (χ4n) is 3.46. The monoisotopic (exact) mass is 442 g/mol. The van der Waals surface area contributed by atoms with Crippen LogP contribution in [0.2, 0.25) is 0 Å². The Hall–Kier alpha value is -1.82. The van der Waals surface area contributed by atoms with Gasteiger partial charge in [0.05, 0.1) is 23.6 Å². The number of amides is 1. The summed E-state index contributed by atoms with van der Waals surface area (Å²) >= 11 is 1.31. The van der Waals surface area contributed by atoms with Crippen molar-refractivity contribution in [2.45, 2.75) is 26.4 Å². The van der Waals surface area contributed by atoms with Gasteiger partial charge in [0.1, 0.15) is 11.4 Å². The molecule has 0 aliphatic carbocycles. The van der Waals surface area contributed by atoms with Gasteiger partial charge in [0.15, 0.2) is 5.82 Å². The summed E-state index contributed by atoms with van der Waals surface area (Å²) in [6.07, 6.45) is 2.70. The molecule has 9 nitrogen and oxygen atoms in total. The second-order valence-electron chi connectivity index (χ2n) is 7.13. The van der Waals surface area contributed by atoms with Gasteiger partial charge in [-0.05, 0) is 31.2 Å². The molecule has 0 atom stereocenters. The van der Waals surface area contributed by atoms with E-state index in [4.69, 9.17) is 9.47 Å². The highest BCUT2D eigenvalue weighted by Gasteiger charge is 2.26. The van der Waals surface area contributed by atoms with Gasteiger partial charge in [-0.1, -0.05) is 0 Å². The molecule has 29 heavy (non-hydrogen) atoms. The van der Waals surface area contributed by atoms with Crippen LogP contribution in [-0.2, 0) is 21.4 Å². The van der Waals surface area contributed by atoms with E-state index in [0.29, 0.717) is 41.0 Å². The fourth-order valence-corrected chi connectivity index (χ4v) is 5.45. The van der Waals surface area contributed by atoms with Crippen molar-refractivity contribution in [1.82, 2.24) is 19.6 Å². The molecule has 160 valence electrons. The smallest absolute Gasteiger partial charge is 0.261 e.